The van der Waals surface area contributed by atoms with Gasteiger partial charge < -0.3 is 9.13 Å². The number of allylic oxidation sites excluding steroid dienone is 9. The number of aromatic nitrogens is 2. The Morgan fingerprint density at radius 3 is 2.33 bits per heavy atom. The molecule has 232 valence electrons. The molecule has 0 saturated heterocycles. The molecule has 0 radical (unpaired) electrons. The molecule has 3 nitrogen and oxygen atoms in total. The summed E-state index contributed by atoms with van der Waals surface area (Å²) in [5, 5.41) is 13.2. The van der Waals surface area contributed by atoms with Gasteiger partial charge >= 0.3 is 0 Å². The number of para-hydroxylation sites is 3. The monoisotopic (exact) mass is 619 g/mol. The second-order valence-electron chi connectivity index (χ2n) is 12.7. The smallest absolute Gasteiger partial charge is 0.0991 e. The van der Waals surface area contributed by atoms with Crippen LogP contribution in [0.5, 0.6) is 0 Å². The minimum absolute atomic E-state index is 0.440. The molecule has 0 N–H and O–H groups in total. The van der Waals surface area contributed by atoms with Crippen molar-refractivity contribution in [1.29, 1.82) is 5.26 Å². The summed E-state index contributed by atoms with van der Waals surface area (Å²) >= 11 is 0. The van der Waals surface area contributed by atoms with E-state index in [1.165, 1.54) is 44.2 Å². The Morgan fingerprint density at radius 1 is 0.812 bits per heavy atom. The predicted octanol–water partition coefficient (Wildman–Crippen LogP) is 11.9. The van der Waals surface area contributed by atoms with Crippen LogP contribution in [0.15, 0.2) is 140 Å². The summed E-state index contributed by atoms with van der Waals surface area (Å²) in [6, 6.07) is 34.5. The molecule has 2 aliphatic rings. The van der Waals surface area contributed by atoms with Crippen LogP contribution in [-0.4, -0.2) is 9.13 Å². The maximum atomic E-state index is 9.70. The zero-order valence-electron chi connectivity index (χ0n) is 27.2. The van der Waals surface area contributed by atoms with E-state index in [2.05, 4.69) is 150 Å². The van der Waals surface area contributed by atoms with Crippen LogP contribution < -0.4 is 0 Å². The van der Waals surface area contributed by atoms with Gasteiger partial charge in [0.1, 0.15) is 0 Å². The third-order valence-corrected chi connectivity index (χ3v) is 9.95. The van der Waals surface area contributed by atoms with E-state index in [1.807, 2.05) is 18.2 Å². The molecule has 0 spiro atoms. The number of nitrogens with zero attached hydrogens (tertiary/aromatic N) is 3. The van der Waals surface area contributed by atoms with Crippen molar-refractivity contribution in [1.82, 2.24) is 9.13 Å². The van der Waals surface area contributed by atoms with E-state index in [4.69, 9.17) is 0 Å². The molecule has 0 saturated carbocycles. The quantitative estimate of drug-likeness (QED) is 0.171. The van der Waals surface area contributed by atoms with E-state index in [0.717, 1.165) is 53.5 Å². The van der Waals surface area contributed by atoms with Crippen molar-refractivity contribution in [2.75, 3.05) is 0 Å². The first-order chi connectivity index (χ1) is 23.7. The van der Waals surface area contributed by atoms with Gasteiger partial charge in [0.15, 0.2) is 0 Å². The number of fused-ring (bicyclic) bond motifs is 4. The Kier molecular flexibility index (Phi) is 7.63. The second kappa shape index (κ2) is 12.4. The lowest BCUT2D eigenvalue weighted by Crippen LogP contribution is -2.06. The molecule has 0 aliphatic heterocycles. The van der Waals surface area contributed by atoms with E-state index in [1.54, 1.807) is 0 Å². The first-order valence-corrected chi connectivity index (χ1v) is 16.9. The molecule has 2 aromatic heterocycles. The Hall–Kier alpha value is -5.85. The highest BCUT2D eigenvalue weighted by Crippen LogP contribution is 2.40. The van der Waals surface area contributed by atoms with Gasteiger partial charge in [-0.1, -0.05) is 97.6 Å². The Bertz CT molecular complexity index is 2440. The van der Waals surface area contributed by atoms with Crippen molar-refractivity contribution in [3.8, 4) is 11.8 Å². The van der Waals surface area contributed by atoms with Gasteiger partial charge in [0.05, 0.1) is 39.6 Å². The molecule has 2 aliphatic carbocycles. The molecular formula is C45H37N3. The average molecular weight is 620 g/mol. The normalized spacial score (nSPS) is 16.6. The number of hydrogen-bond donors (Lipinski definition) is 0. The van der Waals surface area contributed by atoms with Gasteiger partial charge in [-0.15, -0.1) is 0 Å². The summed E-state index contributed by atoms with van der Waals surface area (Å²) in [6.07, 6.45) is 22.3. The molecule has 8 rings (SSSR count). The number of nitriles is 1. The Labute approximate surface area is 282 Å². The molecule has 6 aromatic rings. The minimum atomic E-state index is 0.440. The van der Waals surface area contributed by atoms with Crippen LogP contribution >= 0.6 is 0 Å². The van der Waals surface area contributed by atoms with Gasteiger partial charge in [-0.2, -0.15) is 5.26 Å². The lowest BCUT2D eigenvalue weighted by atomic mass is 9.85. The van der Waals surface area contributed by atoms with E-state index < -0.39 is 0 Å². The van der Waals surface area contributed by atoms with E-state index in [-0.39, 0.29) is 0 Å². The zero-order chi connectivity index (χ0) is 32.6. The minimum Gasteiger partial charge on any atom is -0.313 e. The number of rotatable bonds is 6. The highest BCUT2D eigenvalue weighted by molar-refractivity contribution is 6.10. The third kappa shape index (κ3) is 4.89. The van der Waals surface area contributed by atoms with Crippen molar-refractivity contribution in [2.24, 2.45) is 5.92 Å². The first kappa shape index (κ1) is 29.5. The van der Waals surface area contributed by atoms with Gasteiger partial charge in [0.25, 0.3) is 0 Å². The fraction of sp³-hybridized carbons (Fsp3) is 0.133. The van der Waals surface area contributed by atoms with Gasteiger partial charge in [0, 0.05) is 39.4 Å². The molecule has 3 heteroatoms. The average Bonchev–Trinajstić information content (AvgIpc) is 3.53. The zero-order valence-corrected chi connectivity index (χ0v) is 27.2. The van der Waals surface area contributed by atoms with Crippen molar-refractivity contribution in [2.45, 2.75) is 32.6 Å². The van der Waals surface area contributed by atoms with Gasteiger partial charge in [-0.25, -0.2) is 0 Å². The van der Waals surface area contributed by atoms with Crippen LogP contribution in [0.25, 0.3) is 61.8 Å². The van der Waals surface area contributed by atoms with Crippen LogP contribution in [0.1, 0.15) is 55.0 Å². The fourth-order valence-corrected chi connectivity index (χ4v) is 7.77. The van der Waals surface area contributed by atoms with Crippen molar-refractivity contribution in [3.05, 3.63) is 162 Å². The van der Waals surface area contributed by atoms with Crippen LogP contribution in [0, 0.1) is 17.2 Å². The summed E-state index contributed by atoms with van der Waals surface area (Å²) < 4.78 is 4.82. The van der Waals surface area contributed by atoms with Crippen LogP contribution in [0.3, 0.4) is 0 Å². The van der Waals surface area contributed by atoms with Crippen LogP contribution in [0.2, 0.25) is 0 Å². The largest absolute Gasteiger partial charge is 0.313 e. The summed E-state index contributed by atoms with van der Waals surface area (Å²) in [6.45, 7) is 6.28. The maximum Gasteiger partial charge on any atom is 0.0991 e. The van der Waals surface area contributed by atoms with Crippen molar-refractivity contribution < 1.29 is 0 Å². The first-order valence-electron chi connectivity index (χ1n) is 16.9. The standard InChI is InChI=1S/C45H37N3/c1-3-14-41-36(4-2)38-18-9-13-22-44(38)48(41)42-20-11-8-17-37(42)33-24-25-35(29-34(28-33)32-15-6-5-7-16-32)47-43-21-12-10-19-39(43)40-27-31(30-46)23-26-45(40)47/h3-6,8-14,17-24,26-29,32H,2,7,15-16,25H2,1H3/b14-3-. The van der Waals surface area contributed by atoms with Crippen LogP contribution in [0.4, 0.5) is 0 Å². The van der Waals surface area contributed by atoms with E-state index in [0.29, 0.717) is 11.5 Å². The molecular weight excluding hydrogens is 583 g/mol. The molecule has 1 atom stereocenters. The van der Waals surface area contributed by atoms with Gasteiger partial charge in [0.2, 0.25) is 0 Å². The predicted molar refractivity (Wildman–Crippen MR) is 204 cm³/mol. The van der Waals surface area contributed by atoms with Crippen molar-refractivity contribution >= 4 is 56.1 Å². The Balaban J connectivity index is 1.34. The lowest BCUT2D eigenvalue weighted by Gasteiger charge is -2.21. The van der Waals surface area contributed by atoms with Crippen LogP contribution in [-0.2, 0) is 0 Å². The maximum absolute atomic E-state index is 9.70. The van der Waals surface area contributed by atoms with Gasteiger partial charge in [-0.3, -0.25) is 0 Å². The SMILES string of the molecule is C=Cc1c(/C=C\C)n(-c2ccccc2C2=CCC(n3c4ccccc4c4cc(C#N)ccc43)=CC(C3CC=CCC3)=C2)c2ccccc12. The van der Waals surface area contributed by atoms with Gasteiger partial charge in [-0.05, 0) is 91.8 Å². The summed E-state index contributed by atoms with van der Waals surface area (Å²) in [4.78, 5) is 0. The Morgan fingerprint density at radius 2 is 1.56 bits per heavy atom. The highest BCUT2D eigenvalue weighted by atomic mass is 15.0. The summed E-state index contributed by atoms with van der Waals surface area (Å²) in [7, 11) is 0. The fourth-order valence-electron chi connectivity index (χ4n) is 7.77. The second-order valence-corrected chi connectivity index (χ2v) is 12.7. The summed E-state index contributed by atoms with van der Waals surface area (Å²) in [5.74, 6) is 0.440. The lowest BCUT2D eigenvalue weighted by molar-refractivity contribution is 0.563. The third-order valence-electron chi connectivity index (χ3n) is 9.95. The molecule has 2 heterocycles. The molecule has 1 unspecified atom stereocenters. The van der Waals surface area contributed by atoms with E-state index in [9.17, 15) is 5.26 Å². The number of benzene rings is 4. The molecule has 0 fully saturated rings. The molecule has 0 bridgehead atoms. The topological polar surface area (TPSA) is 33.6 Å². The molecule has 0 amide bonds. The highest BCUT2D eigenvalue weighted by Gasteiger charge is 2.23. The summed E-state index contributed by atoms with van der Waals surface area (Å²) in [5.41, 5.74) is 12.6. The molecule has 48 heavy (non-hydrogen) atoms. The molecule has 4 aromatic carbocycles. The van der Waals surface area contributed by atoms with Crippen molar-refractivity contribution in [3.63, 3.8) is 0 Å². The number of hydrogen-bond acceptors (Lipinski definition) is 1. The van der Waals surface area contributed by atoms with E-state index >= 15 is 0 Å².